The summed E-state index contributed by atoms with van der Waals surface area (Å²) in [6.45, 7) is 15.3. The summed E-state index contributed by atoms with van der Waals surface area (Å²) in [6, 6.07) is 8.38. The molecule has 2 aromatic carbocycles. The third-order valence-corrected chi connectivity index (χ3v) is 12.7. The van der Waals surface area contributed by atoms with Crippen molar-refractivity contribution < 1.29 is 38.9 Å². The second kappa shape index (κ2) is 13.9. The molecule has 12 nitrogen and oxygen atoms in total. The van der Waals surface area contributed by atoms with Crippen molar-refractivity contribution in [3.05, 3.63) is 53.6 Å². The first-order valence-electron chi connectivity index (χ1n) is 18.9. The second-order valence-corrected chi connectivity index (χ2v) is 17.1. The highest BCUT2D eigenvalue weighted by molar-refractivity contribution is 6.00. The number of hydrogen-bond donors (Lipinski definition) is 4. The molecule has 5 aliphatic rings. The first-order chi connectivity index (χ1) is 25.1. The minimum absolute atomic E-state index is 0.00400. The van der Waals surface area contributed by atoms with Crippen molar-refractivity contribution in [1.29, 1.82) is 0 Å². The topological polar surface area (TPSA) is 142 Å². The molecule has 2 amide bonds. The van der Waals surface area contributed by atoms with Gasteiger partial charge in [-0.2, -0.15) is 5.06 Å². The van der Waals surface area contributed by atoms with Gasteiger partial charge in [0.15, 0.2) is 11.5 Å². The first kappa shape index (κ1) is 37.6. The fourth-order valence-electron chi connectivity index (χ4n) is 10.3. The minimum atomic E-state index is -0.927. The molecule has 0 spiro atoms. The Bertz CT molecular complexity index is 1770. The maximum atomic E-state index is 14.3. The number of benzene rings is 2. The Labute approximate surface area is 312 Å². The van der Waals surface area contributed by atoms with Crippen LogP contribution in [-0.4, -0.2) is 103 Å². The van der Waals surface area contributed by atoms with Crippen LogP contribution in [0.2, 0.25) is 0 Å². The molecule has 3 aliphatic carbocycles. The number of aliphatic hydroxyl groups is 2. The number of likely N-dealkylation sites (N-methyl/N-ethyl adjacent to an activating group) is 1. The van der Waals surface area contributed by atoms with Gasteiger partial charge in [-0.15, -0.1) is 0 Å². The number of carbonyl (C=O) groups is 2. The SMILES string of the molecule is C=C1[C@@H]2C3[C@H](C[C@@]13NC(=O)[C@@H]1[C@H]([C@H](C)O)[C@H](CO)ON1Cc1cccc(-c3cc4c(c(C(=O)N[C@@H](CC(C)C)CN(C)C)c3)OCO4)c1OC)C2(C)C. The highest BCUT2D eigenvalue weighted by Crippen LogP contribution is 2.81. The van der Waals surface area contributed by atoms with Crippen molar-refractivity contribution in [2.45, 2.75) is 83.8 Å². The molecule has 3 saturated carbocycles. The number of methoxy groups -OCH3 is 1. The maximum absolute atomic E-state index is 14.3. The summed E-state index contributed by atoms with van der Waals surface area (Å²) < 4.78 is 17.6. The van der Waals surface area contributed by atoms with Gasteiger partial charge >= 0.3 is 0 Å². The molecule has 0 radical (unpaired) electrons. The third-order valence-electron chi connectivity index (χ3n) is 12.7. The van der Waals surface area contributed by atoms with Gasteiger partial charge in [0.2, 0.25) is 12.7 Å². The first-order valence-corrected chi connectivity index (χ1v) is 18.9. The van der Waals surface area contributed by atoms with Gasteiger partial charge < -0.3 is 40.0 Å². The fraction of sp³-hybridized carbons (Fsp3) is 0.610. The highest BCUT2D eigenvalue weighted by Gasteiger charge is 2.82. The van der Waals surface area contributed by atoms with E-state index in [1.54, 1.807) is 25.2 Å². The van der Waals surface area contributed by atoms with Gasteiger partial charge in [0.05, 0.1) is 37.5 Å². The molecule has 2 aromatic rings. The molecular formula is C41H56N4O8. The van der Waals surface area contributed by atoms with Gasteiger partial charge in [-0.25, -0.2) is 0 Å². The van der Waals surface area contributed by atoms with Crippen LogP contribution in [0.5, 0.6) is 17.2 Å². The molecule has 53 heavy (non-hydrogen) atoms. The Morgan fingerprint density at radius 2 is 1.92 bits per heavy atom. The molecule has 0 bridgehead atoms. The summed E-state index contributed by atoms with van der Waals surface area (Å²) in [7, 11) is 5.55. The number of amides is 2. The number of nitrogens with zero attached hydrogens (tertiary/aromatic N) is 2. The summed E-state index contributed by atoms with van der Waals surface area (Å²) >= 11 is 0. The average molecular weight is 733 g/mol. The van der Waals surface area contributed by atoms with Crippen LogP contribution in [0.15, 0.2) is 42.5 Å². The van der Waals surface area contributed by atoms with Crippen LogP contribution in [0.1, 0.15) is 63.4 Å². The Morgan fingerprint density at radius 3 is 2.55 bits per heavy atom. The number of hydrogen-bond acceptors (Lipinski definition) is 10. The van der Waals surface area contributed by atoms with E-state index < -0.39 is 29.7 Å². The zero-order chi connectivity index (χ0) is 38.1. The molecule has 4 fully saturated rings. The van der Waals surface area contributed by atoms with Crippen molar-refractivity contribution >= 4 is 11.8 Å². The van der Waals surface area contributed by atoms with Crippen molar-refractivity contribution in [2.24, 2.45) is 35.0 Å². The monoisotopic (exact) mass is 732 g/mol. The van der Waals surface area contributed by atoms with E-state index >= 15 is 0 Å². The minimum Gasteiger partial charge on any atom is -0.496 e. The van der Waals surface area contributed by atoms with E-state index in [1.165, 1.54) is 0 Å². The van der Waals surface area contributed by atoms with E-state index in [0.29, 0.717) is 69.7 Å². The molecule has 1 unspecified atom stereocenters. The van der Waals surface area contributed by atoms with Crippen molar-refractivity contribution in [3.63, 3.8) is 0 Å². The average Bonchev–Trinajstić information content (AvgIpc) is 3.71. The number of ether oxygens (including phenoxy) is 3. The van der Waals surface area contributed by atoms with Gasteiger partial charge in [0.25, 0.3) is 5.91 Å². The van der Waals surface area contributed by atoms with Crippen LogP contribution in [0.3, 0.4) is 0 Å². The van der Waals surface area contributed by atoms with E-state index in [4.69, 9.17) is 19.0 Å². The Morgan fingerprint density at radius 1 is 1.17 bits per heavy atom. The normalized spacial score (nSPS) is 30.2. The number of para-hydroxylation sites is 1. The molecule has 1 saturated heterocycles. The van der Waals surface area contributed by atoms with E-state index in [1.807, 2.05) is 38.4 Å². The van der Waals surface area contributed by atoms with Crippen LogP contribution >= 0.6 is 0 Å². The number of fused-ring (bicyclic) bond motifs is 1. The van der Waals surface area contributed by atoms with Crippen LogP contribution in [0.4, 0.5) is 0 Å². The van der Waals surface area contributed by atoms with E-state index in [-0.39, 0.29) is 43.2 Å². The van der Waals surface area contributed by atoms with Gasteiger partial charge in [0, 0.05) is 29.6 Å². The van der Waals surface area contributed by atoms with Crippen LogP contribution in [-0.2, 0) is 16.2 Å². The number of aliphatic hydroxyl groups excluding tert-OH is 2. The molecular weight excluding hydrogens is 676 g/mol. The van der Waals surface area contributed by atoms with E-state index in [9.17, 15) is 19.8 Å². The lowest BCUT2D eigenvalue weighted by atomic mass is 9.23. The molecule has 9 atom stereocenters. The summed E-state index contributed by atoms with van der Waals surface area (Å²) in [5, 5.41) is 29.4. The Hall–Kier alpha value is -3.68. The van der Waals surface area contributed by atoms with Gasteiger partial charge in [-0.05, 0) is 86.2 Å². The van der Waals surface area contributed by atoms with E-state index in [0.717, 1.165) is 18.4 Å². The molecule has 288 valence electrons. The predicted octanol–water partition coefficient (Wildman–Crippen LogP) is 3.99. The number of rotatable bonds is 14. The van der Waals surface area contributed by atoms with Crippen molar-refractivity contribution in [3.8, 4) is 28.4 Å². The zero-order valence-corrected chi connectivity index (χ0v) is 32.3. The highest BCUT2D eigenvalue weighted by atomic mass is 16.7. The van der Waals surface area contributed by atoms with Crippen LogP contribution in [0, 0.1) is 35.0 Å². The lowest BCUT2D eigenvalue weighted by Crippen LogP contribution is -2.87. The summed E-state index contributed by atoms with van der Waals surface area (Å²) in [5.41, 5.74) is 3.35. The van der Waals surface area contributed by atoms with E-state index in [2.05, 4.69) is 49.8 Å². The van der Waals surface area contributed by atoms with Crippen molar-refractivity contribution in [1.82, 2.24) is 20.6 Å². The molecule has 4 N–H and O–H groups in total. The Balaban J connectivity index is 1.18. The lowest BCUT2D eigenvalue weighted by Gasteiger charge is -2.83. The van der Waals surface area contributed by atoms with Crippen LogP contribution in [0.25, 0.3) is 11.1 Å². The zero-order valence-electron chi connectivity index (χ0n) is 32.3. The maximum Gasteiger partial charge on any atom is 0.255 e. The fourth-order valence-corrected chi connectivity index (χ4v) is 10.3. The summed E-state index contributed by atoms with van der Waals surface area (Å²) in [5.74, 6) is 1.96. The smallest absolute Gasteiger partial charge is 0.255 e. The molecule has 2 aliphatic heterocycles. The standard InChI is InChI=1S/C41H56N4O8/c1-21(2)13-26(18-44(7)8)42-38(48)28-14-25(15-30-37(28)52-20-51-30)27-12-10-11-24(36(27)50-9)17-45-35(32(23(4)47)31(19-46)53-45)39(49)43-41-16-29-34(41)33(22(41)3)40(29,5)6/h10-12,14-15,21,23,26,29,31-35,46-47H,3,13,16-20H2,1-2,4-9H3,(H,42,48)(H,43,49)/t23-,26-,29-,31-,32+,33+,34?,35-,41+/m0/s1. The summed E-state index contributed by atoms with van der Waals surface area (Å²) in [4.78, 5) is 36.5. The quantitative estimate of drug-likeness (QED) is 0.211. The third kappa shape index (κ3) is 6.10. The number of nitrogens with one attached hydrogen (secondary N) is 2. The van der Waals surface area contributed by atoms with Gasteiger partial charge in [-0.3, -0.25) is 14.4 Å². The van der Waals surface area contributed by atoms with Crippen molar-refractivity contribution in [2.75, 3.05) is 41.1 Å². The predicted molar refractivity (Wildman–Crippen MR) is 199 cm³/mol. The molecule has 7 rings (SSSR count). The molecule has 0 aromatic heterocycles. The van der Waals surface area contributed by atoms with Gasteiger partial charge in [0.1, 0.15) is 17.9 Å². The van der Waals surface area contributed by atoms with Crippen LogP contribution < -0.4 is 24.8 Å². The second-order valence-electron chi connectivity index (χ2n) is 17.1. The largest absolute Gasteiger partial charge is 0.496 e. The number of carbonyl (C=O) groups excluding carboxylic acids is 2. The van der Waals surface area contributed by atoms with Gasteiger partial charge in [-0.1, -0.05) is 52.5 Å². The Kier molecular flexibility index (Phi) is 9.85. The number of hydroxylamine groups is 2. The lowest BCUT2D eigenvalue weighted by molar-refractivity contribution is -0.265. The summed E-state index contributed by atoms with van der Waals surface area (Å²) in [6.07, 6.45) is -0.0295. The molecule has 2 heterocycles. The molecule has 12 heteroatoms.